The van der Waals surface area contributed by atoms with E-state index in [0.29, 0.717) is 13.0 Å². The van der Waals surface area contributed by atoms with Crippen molar-refractivity contribution < 1.29 is 9.84 Å². The van der Waals surface area contributed by atoms with Crippen LogP contribution in [0.2, 0.25) is 0 Å². The Balaban J connectivity index is 1.79. The summed E-state index contributed by atoms with van der Waals surface area (Å²) < 4.78 is 6.32. The summed E-state index contributed by atoms with van der Waals surface area (Å²) in [5.74, 6) is 0. The number of ether oxygens (including phenoxy) is 1. The Morgan fingerprint density at radius 1 is 1.04 bits per heavy atom. The molecule has 0 radical (unpaired) electrons. The fourth-order valence-electron chi connectivity index (χ4n) is 2.59. The molecule has 0 spiro atoms. The van der Waals surface area contributed by atoms with Crippen molar-refractivity contribution in [1.82, 2.24) is 5.32 Å². The average Bonchev–Trinajstić information content (AvgIpc) is 2.57. The van der Waals surface area contributed by atoms with Gasteiger partial charge in [-0.3, -0.25) is 0 Å². The first kappa shape index (κ1) is 18.1. The van der Waals surface area contributed by atoms with Crippen LogP contribution in [0.25, 0.3) is 0 Å². The summed E-state index contributed by atoms with van der Waals surface area (Å²) in [5.41, 5.74) is 1.26. The van der Waals surface area contributed by atoms with Gasteiger partial charge in [-0.2, -0.15) is 0 Å². The van der Waals surface area contributed by atoms with Crippen LogP contribution in [0.4, 0.5) is 0 Å². The highest BCUT2D eigenvalue weighted by Gasteiger charge is 2.28. The lowest BCUT2D eigenvalue weighted by Crippen LogP contribution is -2.35. The molecule has 0 aliphatic carbocycles. The second-order valence-electron chi connectivity index (χ2n) is 5.71. The summed E-state index contributed by atoms with van der Waals surface area (Å²) in [5, 5.41) is 14.3. The molecule has 0 saturated carbocycles. The van der Waals surface area contributed by atoms with Gasteiger partial charge in [-0.05, 0) is 49.2 Å². The van der Waals surface area contributed by atoms with Gasteiger partial charge >= 0.3 is 0 Å². The lowest BCUT2D eigenvalue weighted by Gasteiger charge is -2.28. The van der Waals surface area contributed by atoms with E-state index in [1.807, 2.05) is 30.3 Å². The highest BCUT2D eigenvalue weighted by atomic mass is 79.9. The average molecular weight is 378 g/mol. The van der Waals surface area contributed by atoms with Gasteiger partial charge in [-0.1, -0.05) is 58.4 Å². The van der Waals surface area contributed by atoms with E-state index in [4.69, 9.17) is 4.74 Å². The minimum atomic E-state index is -0.944. The molecule has 23 heavy (non-hydrogen) atoms. The second-order valence-corrected chi connectivity index (χ2v) is 6.62. The number of nitrogens with one attached hydrogen (secondary N) is 1. The van der Waals surface area contributed by atoms with E-state index in [0.717, 1.165) is 29.5 Å². The number of benzene rings is 2. The number of aliphatic hydroxyl groups is 1. The Morgan fingerprint density at radius 2 is 1.74 bits per heavy atom. The van der Waals surface area contributed by atoms with Crippen LogP contribution in [0.5, 0.6) is 0 Å². The van der Waals surface area contributed by atoms with Gasteiger partial charge in [0.2, 0.25) is 0 Å². The van der Waals surface area contributed by atoms with Crippen LogP contribution >= 0.6 is 15.9 Å². The molecule has 2 aromatic rings. The third kappa shape index (κ3) is 5.74. The van der Waals surface area contributed by atoms with Crippen molar-refractivity contribution in [2.75, 3.05) is 26.8 Å². The maximum Gasteiger partial charge on any atom is 0.114 e. The van der Waals surface area contributed by atoms with Gasteiger partial charge in [-0.15, -0.1) is 0 Å². The SMILES string of the molecule is COC[C@](O)(CCNCCc1ccc(Br)cc1)c1ccccc1. The first-order chi connectivity index (χ1) is 11.1. The van der Waals surface area contributed by atoms with Gasteiger partial charge < -0.3 is 15.2 Å². The molecule has 0 heterocycles. The first-order valence-electron chi connectivity index (χ1n) is 7.86. The van der Waals surface area contributed by atoms with E-state index >= 15 is 0 Å². The van der Waals surface area contributed by atoms with E-state index in [1.165, 1.54) is 5.56 Å². The molecule has 4 heteroatoms. The molecule has 0 aliphatic rings. The topological polar surface area (TPSA) is 41.5 Å². The minimum Gasteiger partial charge on any atom is -0.383 e. The number of methoxy groups -OCH3 is 1. The van der Waals surface area contributed by atoms with Gasteiger partial charge in [0.05, 0.1) is 6.61 Å². The lowest BCUT2D eigenvalue weighted by molar-refractivity contribution is -0.0415. The molecule has 0 amide bonds. The van der Waals surface area contributed by atoms with Gasteiger partial charge in [0.1, 0.15) is 5.60 Å². The largest absolute Gasteiger partial charge is 0.383 e. The molecule has 3 nitrogen and oxygen atoms in total. The molecule has 0 saturated heterocycles. The Labute approximate surface area is 146 Å². The molecule has 124 valence electrons. The summed E-state index contributed by atoms with van der Waals surface area (Å²) in [7, 11) is 1.62. The van der Waals surface area contributed by atoms with Crippen molar-refractivity contribution in [2.24, 2.45) is 0 Å². The van der Waals surface area contributed by atoms with Crippen molar-refractivity contribution in [2.45, 2.75) is 18.4 Å². The molecule has 2 rings (SSSR count). The Bertz CT molecular complexity index is 574. The third-order valence-electron chi connectivity index (χ3n) is 3.91. The second kappa shape index (κ2) is 9.18. The van der Waals surface area contributed by atoms with Crippen LogP contribution in [-0.2, 0) is 16.8 Å². The summed E-state index contributed by atoms with van der Waals surface area (Å²) >= 11 is 3.44. The molecule has 2 N–H and O–H groups in total. The lowest BCUT2D eigenvalue weighted by atomic mass is 9.91. The summed E-state index contributed by atoms with van der Waals surface area (Å²) in [6.07, 6.45) is 1.59. The van der Waals surface area contributed by atoms with Crippen LogP contribution in [0.3, 0.4) is 0 Å². The van der Waals surface area contributed by atoms with Crippen LogP contribution in [-0.4, -0.2) is 31.9 Å². The van der Waals surface area contributed by atoms with Crippen LogP contribution in [0.15, 0.2) is 59.1 Å². The molecule has 2 aromatic carbocycles. The van der Waals surface area contributed by atoms with Gasteiger partial charge in [0, 0.05) is 11.6 Å². The van der Waals surface area contributed by atoms with Crippen LogP contribution < -0.4 is 5.32 Å². The number of hydrogen-bond donors (Lipinski definition) is 2. The molecule has 0 aliphatic heterocycles. The standard InChI is InChI=1S/C19H24BrNO2/c1-23-15-19(22,17-5-3-2-4-6-17)12-14-21-13-11-16-7-9-18(20)10-8-16/h2-10,21-22H,11-15H2,1H3/t19-/m1/s1. The smallest absolute Gasteiger partial charge is 0.114 e. The normalized spacial score (nSPS) is 13.7. The van der Waals surface area contributed by atoms with Gasteiger partial charge in [0.15, 0.2) is 0 Å². The highest BCUT2D eigenvalue weighted by molar-refractivity contribution is 9.10. The first-order valence-corrected chi connectivity index (χ1v) is 8.65. The van der Waals surface area contributed by atoms with Crippen molar-refractivity contribution in [1.29, 1.82) is 0 Å². The zero-order chi connectivity index (χ0) is 16.5. The third-order valence-corrected chi connectivity index (χ3v) is 4.44. The number of hydrogen-bond acceptors (Lipinski definition) is 3. The quantitative estimate of drug-likeness (QED) is 0.657. The van der Waals surface area contributed by atoms with Crippen molar-refractivity contribution in [3.8, 4) is 0 Å². The van der Waals surface area contributed by atoms with E-state index < -0.39 is 5.60 Å². The van der Waals surface area contributed by atoms with Crippen molar-refractivity contribution in [3.05, 3.63) is 70.2 Å². The zero-order valence-electron chi connectivity index (χ0n) is 13.5. The number of rotatable bonds is 9. The summed E-state index contributed by atoms with van der Waals surface area (Å²) in [4.78, 5) is 0. The maximum absolute atomic E-state index is 10.9. The summed E-state index contributed by atoms with van der Waals surface area (Å²) in [6.45, 7) is 1.93. The van der Waals surface area contributed by atoms with E-state index in [9.17, 15) is 5.11 Å². The van der Waals surface area contributed by atoms with Crippen molar-refractivity contribution >= 4 is 15.9 Å². The van der Waals surface area contributed by atoms with Gasteiger partial charge in [0.25, 0.3) is 0 Å². The molecule has 0 aromatic heterocycles. The number of halogens is 1. The Morgan fingerprint density at radius 3 is 2.39 bits per heavy atom. The fraction of sp³-hybridized carbons (Fsp3) is 0.368. The highest BCUT2D eigenvalue weighted by Crippen LogP contribution is 2.24. The Kier molecular flexibility index (Phi) is 7.24. The molecular formula is C19H24BrNO2. The van der Waals surface area contributed by atoms with Crippen LogP contribution in [0.1, 0.15) is 17.5 Å². The molecule has 0 fully saturated rings. The summed E-state index contributed by atoms with van der Waals surface area (Å²) in [6, 6.07) is 18.1. The Hall–Kier alpha value is -1.20. The van der Waals surface area contributed by atoms with Gasteiger partial charge in [-0.25, -0.2) is 0 Å². The van der Waals surface area contributed by atoms with E-state index in [2.05, 4.69) is 45.5 Å². The van der Waals surface area contributed by atoms with Crippen LogP contribution in [0, 0.1) is 0 Å². The molecule has 0 bridgehead atoms. The predicted molar refractivity (Wildman–Crippen MR) is 97.5 cm³/mol. The van der Waals surface area contributed by atoms with E-state index in [-0.39, 0.29) is 0 Å². The zero-order valence-corrected chi connectivity index (χ0v) is 15.1. The molecule has 1 atom stereocenters. The monoisotopic (exact) mass is 377 g/mol. The predicted octanol–water partition coefficient (Wildman–Crippen LogP) is 3.51. The fourth-order valence-corrected chi connectivity index (χ4v) is 2.86. The minimum absolute atomic E-state index is 0.297. The molecule has 0 unspecified atom stereocenters. The molecular weight excluding hydrogens is 354 g/mol. The maximum atomic E-state index is 10.9. The van der Waals surface area contributed by atoms with E-state index in [1.54, 1.807) is 7.11 Å². The van der Waals surface area contributed by atoms with Crippen molar-refractivity contribution in [3.63, 3.8) is 0 Å².